The van der Waals surface area contributed by atoms with Crippen molar-refractivity contribution in [1.82, 2.24) is 14.9 Å². The van der Waals surface area contributed by atoms with E-state index in [1.54, 1.807) is 6.33 Å². The minimum absolute atomic E-state index is 0.258. The number of aromatic nitrogens is 2. The third kappa shape index (κ3) is 3.66. The molecule has 0 bridgehead atoms. The van der Waals surface area contributed by atoms with E-state index >= 15 is 0 Å². The first-order valence-electron chi connectivity index (χ1n) is 7.08. The maximum absolute atomic E-state index is 11.6. The summed E-state index contributed by atoms with van der Waals surface area (Å²) in [6, 6.07) is 2.41. The molecule has 1 aromatic rings. The van der Waals surface area contributed by atoms with Gasteiger partial charge in [0.15, 0.2) is 0 Å². The first-order valence-corrected chi connectivity index (χ1v) is 7.08. The lowest BCUT2D eigenvalue weighted by atomic mass is 10.0. The number of carbonyl (C=O) groups is 1. The van der Waals surface area contributed by atoms with Crippen LogP contribution in [0.15, 0.2) is 12.4 Å². The third-order valence-electron chi connectivity index (χ3n) is 3.59. The molecule has 104 valence electrons. The van der Waals surface area contributed by atoms with Gasteiger partial charge >= 0.3 is 0 Å². The molecule has 1 N–H and O–H groups in total. The molecule has 1 aliphatic heterocycles. The van der Waals surface area contributed by atoms with Gasteiger partial charge in [0.1, 0.15) is 12.1 Å². The Kier molecular flexibility index (Phi) is 4.71. The van der Waals surface area contributed by atoms with Gasteiger partial charge in [-0.1, -0.05) is 13.8 Å². The summed E-state index contributed by atoms with van der Waals surface area (Å²) in [6.45, 7) is 5.69. The molecule has 2 rings (SSSR count). The summed E-state index contributed by atoms with van der Waals surface area (Å²) in [5.74, 6) is 1.15. The predicted molar refractivity (Wildman–Crippen MR) is 74.9 cm³/mol. The number of aryl methyl sites for hydroxylation is 1. The number of anilines is 1. The summed E-state index contributed by atoms with van der Waals surface area (Å²) >= 11 is 0. The van der Waals surface area contributed by atoms with Crippen molar-refractivity contribution in [2.75, 3.05) is 18.4 Å². The van der Waals surface area contributed by atoms with Gasteiger partial charge in [0.2, 0.25) is 5.91 Å². The van der Waals surface area contributed by atoms with Crippen molar-refractivity contribution in [2.45, 2.75) is 45.6 Å². The van der Waals surface area contributed by atoms with E-state index in [9.17, 15) is 4.79 Å². The van der Waals surface area contributed by atoms with Crippen molar-refractivity contribution >= 4 is 11.7 Å². The number of rotatable bonds is 4. The van der Waals surface area contributed by atoms with Crippen molar-refractivity contribution in [2.24, 2.45) is 0 Å². The molecule has 0 aromatic carbocycles. The van der Waals surface area contributed by atoms with E-state index in [0.717, 1.165) is 43.9 Å². The fraction of sp³-hybridized carbons (Fsp3) is 0.643. The zero-order valence-electron chi connectivity index (χ0n) is 11.7. The molecule has 0 aliphatic carbocycles. The van der Waals surface area contributed by atoms with Crippen LogP contribution in [0.25, 0.3) is 0 Å². The highest BCUT2D eigenvalue weighted by Gasteiger charge is 2.21. The number of hydrogen-bond donors (Lipinski definition) is 1. The highest BCUT2D eigenvalue weighted by Crippen LogP contribution is 2.16. The number of carbonyl (C=O) groups excluding carboxylic acids is 1. The van der Waals surface area contributed by atoms with Crippen molar-refractivity contribution in [1.29, 1.82) is 0 Å². The minimum atomic E-state index is 0.258. The lowest BCUT2D eigenvalue weighted by Crippen LogP contribution is -2.42. The molecule has 19 heavy (non-hydrogen) atoms. The standard InChI is InChI=1S/C14H22N4O/c1-3-11-9-13(16-10-15-11)17-12-5-7-18(8-6-12)14(19)4-2/h9-10,12H,3-8H2,1-2H3,(H,15,16,17). The summed E-state index contributed by atoms with van der Waals surface area (Å²) in [6.07, 6.45) is 5.09. The van der Waals surface area contributed by atoms with Gasteiger partial charge in [-0.3, -0.25) is 4.79 Å². The molecule has 2 heterocycles. The van der Waals surface area contributed by atoms with Crippen molar-refractivity contribution in [3.63, 3.8) is 0 Å². The largest absolute Gasteiger partial charge is 0.367 e. The lowest BCUT2D eigenvalue weighted by Gasteiger charge is -2.32. The maximum Gasteiger partial charge on any atom is 0.222 e. The molecule has 0 saturated carbocycles. The fourth-order valence-corrected chi connectivity index (χ4v) is 2.38. The number of nitrogens with zero attached hydrogens (tertiary/aromatic N) is 3. The number of amides is 1. The van der Waals surface area contributed by atoms with E-state index in [4.69, 9.17) is 0 Å². The zero-order valence-corrected chi connectivity index (χ0v) is 11.7. The average Bonchev–Trinajstić information content (AvgIpc) is 2.47. The minimum Gasteiger partial charge on any atom is -0.367 e. The summed E-state index contributed by atoms with van der Waals surface area (Å²) in [5, 5.41) is 3.44. The van der Waals surface area contributed by atoms with Crippen LogP contribution in [0, 0.1) is 0 Å². The Labute approximate surface area is 114 Å². The van der Waals surface area contributed by atoms with E-state index in [0.29, 0.717) is 12.5 Å². The van der Waals surface area contributed by atoms with E-state index in [-0.39, 0.29) is 5.91 Å². The first kappa shape index (κ1) is 13.8. The van der Waals surface area contributed by atoms with Crippen LogP contribution >= 0.6 is 0 Å². The van der Waals surface area contributed by atoms with Crippen LogP contribution in [0.1, 0.15) is 38.8 Å². The fourth-order valence-electron chi connectivity index (χ4n) is 2.38. The average molecular weight is 262 g/mol. The van der Waals surface area contributed by atoms with Crippen LogP contribution in [0.5, 0.6) is 0 Å². The Morgan fingerprint density at radius 1 is 1.37 bits per heavy atom. The number of nitrogens with one attached hydrogen (secondary N) is 1. The zero-order chi connectivity index (χ0) is 13.7. The summed E-state index contributed by atoms with van der Waals surface area (Å²) in [5.41, 5.74) is 1.05. The van der Waals surface area contributed by atoms with Crippen LogP contribution in [0.2, 0.25) is 0 Å². The number of likely N-dealkylation sites (tertiary alicyclic amines) is 1. The topological polar surface area (TPSA) is 58.1 Å². The second-order valence-corrected chi connectivity index (χ2v) is 4.90. The smallest absolute Gasteiger partial charge is 0.222 e. The Morgan fingerprint density at radius 2 is 2.11 bits per heavy atom. The Hall–Kier alpha value is -1.65. The van der Waals surface area contributed by atoms with E-state index < -0.39 is 0 Å². The molecule has 1 aromatic heterocycles. The van der Waals surface area contributed by atoms with Gasteiger partial charge in [0.25, 0.3) is 0 Å². The molecule has 5 heteroatoms. The molecule has 0 atom stereocenters. The van der Waals surface area contributed by atoms with Crippen LogP contribution in [0.4, 0.5) is 5.82 Å². The highest BCUT2D eigenvalue weighted by molar-refractivity contribution is 5.75. The van der Waals surface area contributed by atoms with E-state index in [1.807, 2.05) is 17.9 Å². The molecule has 0 spiro atoms. The Balaban J connectivity index is 1.86. The maximum atomic E-state index is 11.6. The second-order valence-electron chi connectivity index (χ2n) is 4.90. The molecule has 5 nitrogen and oxygen atoms in total. The van der Waals surface area contributed by atoms with Crippen LogP contribution in [-0.2, 0) is 11.2 Å². The van der Waals surface area contributed by atoms with Crippen LogP contribution < -0.4 is 5.32 Å². The van der Waals surface area contributed by atoms with Crippen LogP contribution in [0.3, 0.4) is 0 Å². The molecule has 1 fully saturated rings. The quantitative estimate of drug-likeness (QED) is 0.899. The Morgan fingerprint density at radius 3 is 2.74 bits per heavy atom. The Bertz CT molecular complexity index is 427. The molecular formula is C14H22N4O. The summed E-state index contributed by atoms with van der Waals surface area (Å²) in [7, 11) is 0. The van der Waals surface area contributed by atoms with Gasteiger partial charge in [-0.25, -0.2) is 9.97 Å². The number of hydrogen-bond acceptors (Lipinski definition) is 4. The molecule has 1 saturated heterocycles. The van der Waals surface area contributed by atoms with Gasteiger partial charge in [-0.05, 0) is 19.3 Å². The van der Waals surface area contributed by atoms with Gasteiger partial charge in [0.05, 0.1) is 0 Å². The first-order chi connectivity index (χ1) is 9.22. The molecule has 0 unspecified atom stereocenters. The SMILES string of the molecule is CCC(=O)N1CCC(Nc2cc(CC)ncn2)CC1. The van der Waals surface area contributed by atoms with Crippen LogP contribution in [-0.4, -0.2) is 39.9 Å². The molecule has 1 aliphatic rings. The molecule has 1 amide bonds. The monoisotopic (exact) mass is 262 g/mol. The third-order valence-corrected chi connectivity index (χ3v) is 3.59. The van der Waals surface area contributed by atoms with Crippen molar-refractivity contribution in [3.05, 3.63) is 18.1 Å². The van der Waals surface area contributed by atoms with Crippen molar-refractivity contribution < 1.29 is 4.79 Å². The van der Waals surface area contributed by atoms with E-state index in [2.05, 4.69) is 22.2 Å². The predicted octanol–water partition coefficient (Wildman–Crippen LogP) is 1.85. The molecule has 0 radical (unpaired) electrons. The van der Waals surface area contributed by atoms with Gasteiger partial charge in [-0.15, -0.1) is 0 Å². The highest BCUT2D eigenvalue weighted by atomic mass is 16.2. The second kappa shape index (κ2) is 6.50. The van der Waals surface area contributed by atoms with Crippen molar-refractivity contribution in [3.8, 4) is 0 Å². The van der Waals surface area contributed by atoms with Gasteiger partial charge in [-0.2, -0.15) is 0 Å². The lowest BCUT2D eigenvalue weighted by molar-refractivity contribution is -0.131. The van der Waals surface area contributed by atoms with Gasteiger partial charge in [0, 0.05) is 37.3 Å². The van der Waals surface area contributed by atoms with E-state index in [1.165, 1.54) is 0 Å². The summed E-state index contributed by atoms with van der Waals surface area (Å²) in [4.78, 5) is 22.0. The summed E-state index contributed by atoms with van der Waals surface area (Å²) < 4.78 is 0. The number of piperidine rings is 1. The normalized spacial score (nSPS) is 16.4. The van der Waals surface area contributed by atoms with Gasteiger partial charge < -0.3 is 10.2 Å². The molecular weight excluding hydrogens is 240 g/mol.